The quantitative estimate of drug-likeness (QED) is 0.807. The number of halogens is 3. The number of aliphatic carboxylic acids is 1. The summed E-state index contributed by atoms with van der Waals surface area (Å²) in [6.45, 7) is 3.32. The minimum Gasteiger partial charge on any atom is -0.475 e. The number of carboxylic acids is 1. The normalized spacial score (nSPS) is 13.0. The van der Waals surface area contributed by atoms with Gasteiger partial charge in [-0.1, -0.05) is 12.1 Å². The van der Waals surface area contributed by atoms with Gasteiger partial charge >= 0.3 is 12.1 Å². The highest BCUT2D eigenvalue weighted by molar-refractivity contribution is 5.73. The van der Waals surface area contributed by atoms with E-state index < -0.39 is 12.1 Å². The fourth-order valence-electron chi connectivity index (χ4n) is 2.78. The summed E-state index contributed by atoms with van der Waals surface area (Å²) in [6, 6.07) is 10.7. The molecule has 0 fully saturated rings. The Kier molecular flexibility index (Phi) is 7.36. The van der Waals surface area contributed by atoms with Gasteiger partial charge in [0.1, 0.15) is 0 Å². The van der Waals surface area contributed by atoms with Crippen LogP contribution < -0.4 is 10.6 Å². The molecule has 3 N–H and O–H groups in total. The Bertz CT molecular complexity index is 795. The van der Waals surface area contributed by atoms with Gasteiger partial charge in [-0.2, -0.15) is 13.2 Å². The van der Waals surface area contributed by atoms with Gasteiger partial charge in [0.05, 0.1) is 12.3 Å². The molecule has 0 atom stereocenters. The van der Waals surface area contributed by atoms with Crippen molar-refractivity contribution in [3.63, 3.8) is 0 Å². The van der Waals surface area contributed by atoms with E-state index in [9.17, 15) is 13.2 Å². The number of benzene rings is 1. The molecule has 0 saturated heterocycles. The minimum atomic E-state index is -5.08. The summed E-state index contributed by atoms with van der Waals surface area (Å²) >= 11 is 0. The molecule has 0 unspecified atom stereocenters. The first kappa shape index (κ1) is 21.6. The first-order valence-electron chi connectivity index (χ1n) is 8.58. The van der Waals surface area contributed by atoms with Crippen molar-refractivity contribution in [2.45, 2.75) is 19.1 Å². The number of carbonyl (C=O) groups is 1. The van der Waals surface area contributed by atoms with E-state index in [1.165, 1.54) is 16.8 Å². The van der Waals surface area contributed by atoms with Crippen molar-refractivity contribution in [1.82, 2.24) is 4.98 Å². The topological polar surface area (TPSA) is 88.7 Å². The van der Waals surface area contributed by atoms with E-state index >= 15 is 0 Å². The van der Waals surface area contributed by atoms with Gasteiger partial charge < -0.3 is 20.5 Å². The zero-order valence-corrected chi connectivity index (χ0v) is 15.4. The highest BCUT2D eigenvalue weighted by Crippen LogP contribution is 2.31. The number of nitrogens with zero attached hydrogens (tertiary/aromatic N) is 2. The number of pyridine rings is 1. The third-order valence-electron chi connectivity index (χ3n) is 4.24. The molecular formula is C19H22F3N3O3. The number of alkyl halides is 3. The number of hydrogen-bond acceptors (Lipinski definition) is 5. The largest absolute Gasteiger partial charge is 0.490 e. The predicted octanol–water partition coefficient (Wildman–Crippen LogP) is 2.85. The summed E-state index contributed by atoms with van der Waals surface area (Å²) in [5.41, 5.74) is 11.6. The Hall–Kier alpha value is -2.65. The first-order valence-corrected chi connectivity index (χ1v) is 8.58. The van der Waals surface area contributed by atoms with Crippen molar-refractivity contribution >= 4 is 11.7 Å². The van der Waals surface area contributed by atoms with E-state index in [1.807, 2.05) is 18.3 Å². The molecule has 2 aromatic rings. The number of carboxylic acid groups (broad SMARTS) is 1. The molecule has 0 aliphatic carbocycles. The van der Waals surface area contributed by atoms with Crippen LogP contribution in [0.5, 0.6) is 0 Å². The third-order valence-corrected chi connectivity index (χ3v) is 4.24. The number of aromatic nitrogens is 1. The lowest BCUT2D eigenvalue weighted by atomic mass is 10.0. The summed E-state index contributed by atoms with van der Waals surface area (Å²) in [5, 5.41) is 7.12. The van der Waals surface area contributed by atoms with Gasteiger partial charge in [-0.15, -0.1) is 0 Å². The van der Waals surface area contributed by atoms with Gasteiger partial charge in [0.25, 0.3) is 0 Å². The van der Waals surface area contributed by atoms with Gasteiger partial charge in [0.2, 0.25) is 0 Å². The first-order chi connectivity index (χ1) is 13.3. The van der Waals surface area contributed by atoms with Crippen molar-refractivity contribution in [2.75, 3.05) is 31.7 Å². The van der Waals surface area contributed by atoms with Crippen LogP contribution in [0.15, 0.2) is 36.5 Å². The standard InChI is InChI=1S/C17H21N3O.C2HF3O2/c1-21-9-8-20-7-6-15-10-14(3-5-17(15)20)16-4-2-13(11-18)12-19-16;3-2(4,5)1(6)7/h2-5,10,12H,6-9,11,18H2,1H3;(H,6,7). The molecular weight excluding hydrogens is 375 g/mol. The number of hydrogen-bond donors (Lipinski definition) is 2. The average Bonchev–Trinajstić information content (AvgIpc) is 3.08. The number of rotatable bonds is 5. The van der Waals surface area contributed by atoms with Crippen LogP contribution in [0.2, 0.25) is 0 Å². The molecule has 1 aliphatic heterocycles. The average molecular weight is 397 g/mol. The number of nitrogens with two attached hydrogens (primary N) is 1. The molecule has 2 heterocycles. The fraction of sp³-hybridized carbons (Fsp3) is 0.368. The van der Waals surface area contributed by atoms with Crippen LogP contribution in [0.25, 0.3) is 11.3 Å². The van der Waals surface area contributed by atoms with Crippen molar-refractivity contribution in [1.29, 1.82) is 0 Å². The Balaban J connectivity index is 0.000000345. The number of fused-ring (bicyclic) bond motifs is 1. The molecule has 6 nitrogen and oxygen atoms in total. The highest BCUT2D eigenvalue weighted by Gasteiger charge is 2.38. The van der Waals surface area contributed by atoms with E-state index in [-0.39, 0.29) is 0 Å². The molecule has 9 heteroatoms. The Labute approximate surface area is 160 Å². The van der Waals surface area contributed by atoms with Crippen LogP contribution in [0.4, 0.5) is 18.9 Å². The van der Waals surface area contributed by atoms with Gasteiger partial charge in [0.15, 0.2) is 0 Å². The van der Waals surface area contributed by atoms with Crippen LogP contribution in [0, 0.1) is 0 Å². The second-order valence-electron chi connectivity index (χ2n) is 6.13. The summed E-state index contributed by atoms with van der Waals surface area (Å²) in [6.07, 6.45) is -2.14. The lowest BCUT2D eigenvalue weighted by molar-refractivity contribution is -0.192. The maximum absolute atomic E-state index is 10.6. The lowest BCUT2D eigenvalue weighted by Crippen LogP contribution is -2.24. The molecule has 0 bridgehead atoms. The monoisotopic (exact) mass is 397 g/mol. The number of ether oxygens (including phenoxy) is 1. The van der Waals surface area contributed by atoms with Crippen molar-refractivity contribution in [3.05, 3.63) is 47.7 Å². The molecule has 1 aromatic heterocycles. The zero-order chi connectivity index (χ0) is 20.7. The Morgan fingerprint density at radius 1 is 1.32 bits per heavy atom. The molecule has 0 spiro atoms. The summed E-state index contributed by atoms with van der Waals surface area (Å²) in [7, 11) is 1.75. The van der Waals surface area contributed by atoms with Crippen LogP contribution in [-0.2, 0) is 22.5 Å². The minimum absolute atomic E-state index is 0.534. The number of methoxy groups -OCH3 is 1. The van der Waals surface area contributed by atoms with Gasteiger partial charge in [-0.05, 0) is 35.7 Å². The molecule has 0 radical (unpaired) electrons. The molecule has 1 aliphatic rings. The second kappa shape index (κ2) is 9.52. The molecule has 0 saturated carbocycles. The Morgan fingerprint density at radius 3 is 2.57 bits per heavy atom. The van der Waals surface area contributed by atoms with Crippen molar-refractivity contribution < 1.29 is 27.8 Å². The van der Waals surface area contributed by atoms with Crippen LogP contribution in [0.1, 0.15) is 11.1 Å². The predicted molar refractivity (Wildman–Crippen MR) is 99.0 cm³/mol. The second-order valence-corrected chi connectivity index (χ2v) is 6.13. The van der Waals surface area contributed by atoms with E-state index in [2.05, 4.69) is 28.1 Å². The van der Waals surface area contributed by atoms with E-state index in [0.29, 0.717) is 6.54 Å². The smallest absolute Gasteiger partial charge is 0.475 e. The fourth-order valence-corrected chi connectivity index (χ4v) is 2.78. The van der Waals surface area contributed by atoms with Gasteiger partial charge in [-0.25, -0.2) is 4.79 Å². The van der Waals surface area contributed by atoms with Gasteiger partial charge in [0, 0.05) is 44.2 Å². The molecule has 1 aromatic carbocycles. The molecule has 152 valence electrons. The number of anilines is 1. The summed E-state index contributed by atoms with van der Waals surface area (Å²) in [4.78, 5) is 15.8. The summed E-state index contributed by atoms with van der Waals surface area (Å²) < 4.78 is 36.9. The van der Waals surface area contributed by atoms with E-state index in [1.54, 1.807) is 7.11 Å². The van der Waals surface area contributed by atoms with Crippen molar-refractivity contribution in [2.24, 2.45) is 5.73 Å². The highest BCUT2D eigenvalue weighted by atomic mass is 19.4. The summed E-state index contributed by atoms with van der Waals surface area (Å²) in [5.74, 6) is -2.76. The van der Waals surface area contributed by atoms with Crippen LogP contribution >= 0.6 is 0 Å². The van der Waals surface area contributed by atoms with E-state index in [4.69, 9.17) is 20.4 Å². The molecule has 3 rings (SSSR count). The maximum Gasteiger partial charge on any atom is 0.490 e. The SMILES string of the molecule is COCCN1CCc2cc(-c3ccc(CN)cn3)ccc21.O=C(O)C(F)(F)F. The molecule has 28 heavy (non-hydrogen) atoms. The Morgan fingerprint density at radius 2 is 2.04 bits per heavy atom. The lowest BCUT2D eigenvalue weighted by Gasteiger charge is -2.18. The van der Waals surface area contributed by atoms with E-state index in [0.717, 1.165) is 37.4 Å². The third kappa shape index (κ3) is 5.67. The van der Waals surface area contributed by atoms with Gasteiger partial charge in [-0.3, -0.25) is 4.98 Å². The van der Waals surface area contributed by atoms with Crippen molar-refractivity contribution in [3.8, 4) is 11.3 Å². The molecule has 0 amide bonds. The van der Waals surface area contributed by atoms with Crippen LogP contribution in [0.3, 0.4) is 0 Å². The maximum atomic E-state index is 10.6. The van der Waals surface area contributed by atoms with Crippen LogP contribution in [-0.4, -0.2) is 49.0 Å². The zero-order valence-electron chi connectivity index (χ0n) is 15.4.